The van der Waals surface area contributed by atoms with Crippen molar-refractivity contribution < 1.29 is 9.84 Å². The van der Waals surface area contributed by atoms with Gasteiger partial charge in [-0.25, -0.2) is 0 Å². The van der Waals surface area contributed by atoms with Crippen LogP contribution in [0.2, 0.25) is 0 Å². The third-order valence-corrected chi connectivity index (χ3v) is 3.81. The molecule has 2 aromatic carbocycles. The van der Waals surface area contributed by atoms with Crippen molar-refractivity contribution in [1.29, 1.82) is 0 Å². The number of benzene rings is 2. The summed E-state index contributed by atoms with van der Waals surface area (Å²) in [5.74, 6) is 0. The Morgan fingerprint density at radius 3 is 2.89 bits per heavy atom. The lowest BCUT2D eigenvalue weighted by molar-refractivity contribution is -0.0311. The normalized spacial score (nSPS) is 20.8. The summed E-state index contributed by atoms with van der Waals surface area (Å²) in [7, 11) is 0. The van der Waals surface area contributed by atoms with E-state index in [4.69, 9.17) is 4.74 Å². The topological polar surface area (TPSA) is 32.7 Å². The van der Waals surface area contributed by atoms with Crippen LogP contribution in [0.5, 0.6) is 0 Å². The van der Waals surface area contributed by atoms with Crippen molar-refractivity contribution in [3.63, 3.8) is 0 Å². The van der Waals surface area contributed by atoms with E-state index in [0.29, 0.717) is 6.61 Å². The van der Waals surface area contributed by atoms with Gasteiger partial charge in [-0.15, -0.1) is 0 Å². The molecule has 0 spiro atoms. The number of ether oxygens (including phenoxy) is 1. The van der Waals surface area contributed by atoms with Gasteiger partial charge in [-0.2, -0.15) is 0 Å². The van der Waals surface area contributed by atoms with Crippen molar-refractivity contribution in [2.24, 2.45) is 0 Å². The van der Waals surface area contributed by atoms with E-state index in [-0.39, 0.29) is 12.6 Å². The van der Waals surface area contributed by atoms with E-state index in [1.165, 1.54) is 16.3 Å². The molecule has 0 radical (unpaired) electrons. The van der Waals surface area contributed by atoms with E-state index in [1.807, 2.05) is 0 Å². The number of hydrogen-bond acceptors (Lipinski definition) is 3. The highest BCUT2D eigenvalue weighted by atomic mass is 16.5. The predicted molar refractivity (Wildman–Crippen MR) is 76.1 cm³/mol. The number of fused-ring (bicyclic) bond motifs is 1. The zero-order chi connectivity index (χ0) is 13.1. The Morgan fingerprint density at radius 1 is 1.16 bits per heavy atom. The highest BCUT2D eigenvalue weighted by Gasteiger charge is 2.22. The molecule has 0 amide bonds. The molecule has 1 heterocycles. The summed E-state index contributed by atoms with van der Waals surface area (Å²) >= 11 is 0. The third-order valence-electron chi connectivity index (χ3n) is 3.81. The zero-order valence-electron chi connectivity index (χ0n) is 11.0. The zero-order valence-corrected chi connectivity index (χ0v) is 11.0. The lowest BCUT2D eigenvalue weighted by Gasteiger charge is -2.34. The van der Waals surface area contributed by atoms with Gasteiger partial charge in [0.2, 0.25) is 0 Å². The fourth-order valence-electron chi connectivity index (χ4n) is 2.71. The third kappa shape index (κ3) is 2.63. The number of rotatable bonds is 3. The SMILES string of the molecule is OCC1COCCN1Cc1cccc2ccccc12. The molecule has 1 N–H and O–H groups in total. The van der Waals surface area contributed by atoms with Crippen molar-refractivity contribution in [1.82, 2.24) is 4.90 Å². The first-order chi connectivity index (χ1) is 9.38. The van der Waals surface area contributed by atoms with Gasteiger partial charge >= 0.3 is 0 Å². The molecule has 0 aromatic heterocycles. The van der Waals surface area contributed by atoms with Crippen LogP contribution in [0.25, 0.3) is 10.8 Å². The Labute approximate surface area is 113 Å². The van der Waals surface area contributed by atoms with E-state index < -0.39 is 0 Å². The minimum Gasteiger partial charge on any atom is -0.395 e. The van der Waals surface area contributed by atoms with E-state index >= 15 is 0 Å². The predicted octanol–water partition coefficient (Wildman–Crippen LogP) is 2.03. The van der Waals surface area contributed by atoms with Gasteiger partial charge in [0, 0.05) is 13.1 Å². The minimum absolute atomic E-state index is 0.118. The molecule has 3 nitrogen and oxygen atoms in total. The quantitative estimate of drug-likeness (QED) is 0.913. The Balaban J connectivity index is 1.88. The maximum atomic E-state index is 9.43. The summed E-state index contributed by atoms with van der Waals surface area (Å²) in [6.07, 6.45) is 0. The fraction of sp³-hybridized carbons (Fsp3) is 0.375. The summed E-state index contributed by atoms with van der Waals surface area (Å²) < 4.78 is 5.43. The van der Waals surface area contributed by atoms with Crippen molar-refractivity contribution in [2.45, 2.75) is 12.6 Å². The molecule has 19 heavy (non-hydrogen) atoms. The van der Waals surface area contributed by atoms with Gasteiger partial charge in [-0.3, -0.25) is 4.90 Å². The van der Waals surface area contributed by atoms with Crippen molar-refractivity contribution >= 4 is 10.8 Å². The standard InChI is InChI=1S/C16H19NO2/c18-11-15-12-19-9-8-17(15)10-14-6-3-5-13-4-1-2-7-16(13)14/h1-7,15,18H,8-12H2. The molecule has 0 aliphatic carbocycles. The molecule has 1 atom stereocenters. The van der Waals surface area contributed by atoms with Gasteiger partial charge in [-0.05, 0) is 16.3 Å². The maximum absolute atomic E-state index is 9.43. The van der Waals surface area contributed by atoms with E-state index in [2.05, 4.69) is 47.4 Å². The van der Waals surface area contributed by atoms with Crippen LogP contribution in [-0.4, -0.2) is 42.4 Å². The summed E-state index contributed by atoms with van der Waals surface area (Å²) in [5.41, 5.74) is 1.32. The average molecular weight is 257 g/mol. The van der Waals surface area contributed by atoms with E-state index in [1.54, 1.807) is 0 Å². The number of aliphatic hydroxyl groups is 1. The van der Waals surface area contributed by atoms with Crippen LogP contribution in [-0.2, 0) is 11.3 Å². The van der Waals surface area contributed by atoms with Crippen LogP contribution in [0.3, 0.4) is 0 Å². The highest BCUT2D eigenvalue weighted by Crippen LogP contribution is 2.21. The summed E-state index contributed by atoms with van der Waals surface area (Å²) in [5, 5.41) is 12.0. The molecule has 0 saturated carbocycles. The Bertz CT molecular complexity index is 550. The molecule has 3 rings (SSSR count). The fourth-order valence-corrected chi connectivity index (χ4v) is 2.71. The molecule has 1 unspecified atom stereocenters. The first kappa shape index (κ1) is 12.6. The molecular weight excluding hydrogens is 238 g/mol. The first-order valence-corrected chi connectivity index (χ1v) is 6.78. The Kier molecular flexibility index (Phi) is 3.78. The average Bonchev–Trinajstić information content (AvgIpc) is 2.48. The van der Waals surface area contributed by atoms with Gasteiger partial charge in [0.1, 0.15) is 0 Å². The first-order valence-electron chi connectivity index (χ1n) is 6.78. The monoisotopic (exact) mass is 257 g/mol. The maximum Gasteiger partial charge on any atom is 0.0644 e. The molecular formula is C16H19NO2. The summed E-state index contributed by atoms with van der Waals surface area (Å²) in [4.78, 5) is 2.31. The Morgan fingerprint density at radius 2 is 2.00 bits per heavy atom. The van der Waals surface area contributed by atoms with Crippen molar-refractivity contribution in [3.8, 4) is 0 Å². The number of morpholine rings is 1. The second kappa shape index (κ2) is 5.70. The van der Waals surface area contributed by atoms with Crippen LogP contribution in [0.4, 0.5) is 0 Å². The molecule has 1 aliphatic heterocycles. The van der Waals surface area contributed by atoms with Crippen LogP contribution in [0.1, 0.15) is 5.56 Å². The van der Waals surface area contributed by atoms with Gasteiger partial charge in [0.15, 0.2) is 0 Å². The van der Waals surface area contributed by atoms with Gasteiger partial charge in [0.25, 0.3) is 0 Å². The molecule has 1 fully saturated rings. The number of nitrogens with zero attached hydrogens (tertiary/aromatic N) is 1. The Hall–Kier alpha value is -1.42. The summed E-state index contributed by atoms with van der Waals surface area (Å²) in [6, 6.07) is 15.0. The van der Waals surface area contributed by atoms with Crippen LogP contribution < -0.4 is 0 Å². The van der Waals surface area contributed by atoms with Crippen LogP contribution >= 0.6 is 0 Å². The van der Waals surface area contributed by atoms with Crippen molar-refractivity contribution in [3.05, 3.63) is 48.0 Å². The molecule has 1 saturated heterocycles. The molecule has 3 heteroatoms. The lowest BCUT2D eigenvalue weighted by atomic mass is 10.0. The highest BCUT2D eigenvalue weighted by molar-refractivity contribution is 5.85. The van der Waals surface area contributed by atoms with Crippen LogP contribution in [0.15, 0.2) is 42.5 Å². The lowest BCUT2D eigenvalue weighted by Crippen LogP contribution is -2.46. The van der Waals surface area contributed by atoms with E-state index in [9.17, 15) is 5.11 Å². The number of aliphatic hydroxyl groups excluding tert-OH is 1. The molecule has 100 valence electrons. The number of hydrogen-bond donors (Lipinski definition) is 1. The second-order valence-corrected chi connectivity index (χ2v) is 5.02. The largest absolute Gasteiger partial charge is 0.395 e. The molecule has 2 aromatic rings. The van der Waals surface area contributed by atoms with Crippen molar-refractivity contribution in [2.75, 3.05) is 26.4 Å². The van der Waals surface area contributed by atoms with Crippen LogP contribution in [0, 0.1) is 0 Å². The molecule has 0 bridgehead atoms. The smallest absolute Gasteiger partial charge is 0.0644 e. The van der Waals surface area contributed by atoms with E-state index in [0.717, 1.165) is 19.7 Å². The minimum atomic E-state index is 0.118. The van der Waals surface area contributed by atoms with Gasteiger partial charge in [-0.1, -0.05) is 42.5 Å². The van der Waals surface area contributed by atoms with Gasteiger partial charge < -0.3 is 9.84 Å². The summed E-state index contributed by atoms with van der Waals surface area (Å²) in [6.45, 7) is 3.29. The second-order valence-electron chi connectivity index (χ2n) is 5.02. The van der Waals surface area contributed by atoms with Gasteiger partial charge in [0.05, 0.1) is 25.9 Å². The molecule has 1 aliphatic rings.